The van der Waals surface area contributed by atoms with Gasteiger partial charge in [-0.2, -0.15) is 0 Å². The van der Waals surface area contributed by atoms with Crippen LogP contribution in [0.1, 0.15) is 36.9 Å². The Kier molecular flexibility index (Phi) is 7.57. The maximum absolute atomic E-state index is 13.9. The van der Waals surface area contributed by atoms with Crippen LogP contribution < -0.4 is 10.6 Å². The maximum atomic E-state index is 13.9. The van der Waals surface area contributed by atoms with Crippen molar-refractivity contribution in [1.29, 1.82) is 0 Å². The summed E-state index contributed by atoms with van der Waals surface area (Å²) in [5.74, 6) is -0.0680. The van der Waals surface area contributed by atoms with Gasteiger partial charge in [0.1, 0.15) is 5.82 Å². The lowest BCUT2D eigenvalue weighted by Crippen LogP contribution is -2.37. The van der Waals surface area contributed by atoms with E-state index in [4.69, 9.17) is 0 Å². The van der Waals surface area contributed by atoms with Gasteiger partial charge in [0.15, 0.2) is 0 Å². The molecule has 2 aliphatic rings. The number of imide groups is 1. The Bertz CT molecular complexity index is 1330. The lowest BCUT2D eigenvalue weighted by atomic mass is 9.91. The molecular weight excluding hydrogens is 491 g/mol. The van der Waals surface area contributed by atoms with Gasteiger partial charge in [0, 0.05) is 49.8 Å². The first-order valence-corrected chi connectivity index (χ1v) is 13.0. The summed E-state index contributed by atoms with van der Waals surface area (Å²) in [5, 5.41) is 6.76. The standard InChI is InChI=1S/C27H27FN6O2S/c1-34-25(35)24(37-27(34)36)14-22-10-12-30-26(33-22)32-21-8-6-20(7-9-21)31-16-18-4-5-19(28)13-23(18)17-3-2-11-29-15-17/h2-5,10-15,20-21,31H,6-9,16H2,1H3,(H,30,32,33)/b24-14-/t20-,21-. The molecule has 0 atom stereocenters. The number of rotatable bonds is 7. The number of likely N-dealkylation sites (N-methyl/N-ethyl adjacent to an activating group) is 1. The Morgan fingerprint density at radius 2 is 1.92 bits per heavy atom. The van der Waals surface area contributed by atoms with Crippen molar-refractivity contribution in [3.05, 3.63) is 77.0 Å². The van der Waals surface area contributed by atoms with Crippen LogP contribution in [0.2, 0.25) is 0 Å². The minimum absolute atomic E-state index is 0.243. The highest BCUT2D eigenvalue weighted by molar-refractivity contribution is 8.18. The van der Waals surface area contributed by atoms with Crippen molar-refractivity contribution in [1.82, 2.24) is 25.2 Å². The fourth-order valence-electron chi connectivity index (χ4n) is 4.57. The van der Waals surface area contributed by atoms with E-state index in [1.807, 2.05) is 18.2 Å². The fourth-order valence-corrected chi connectivity index (χ4v) is 5.39. The van der Waals surface area contributed by atoms with E-state index in [-0.39, 0.29) is 23.0 Å². The van der Waals surface area contributed by atoms with Crippen LogP contribution >= 0.6 is 11.8 Å². The van der Waals surface area contributed by atoms with Gasteiger partial charge in [-0.15, -0.1) is 0 Å². The molecule has 0 radical (unpaired) electrons. The largest absolute Gasteiger partial charge is 0.351 e. The van der Waals surface area contributed by atoms with E-state index in [1.54, 1.807) is 36.8 Å². The molecule has 0 unspecified atom stereocenters. The number of carbonyl (C=O) groups excluding carboxylic acids is 2. The average molecular weight is 519 g/mol. The average Bonchev–Trinajstić information content (AvgIpc) is 3.15. The van der Waals surface area contributed by atoms with E-state index in [0.717, 1.165) is 59.0 Å². The predicted molar refractivity (Wildman–Crippen MR) is 142 cm³/mol. The lowest BCUT2D eigenvalue weighted by Gasteiger charge is -2.30. The second-order valence-electron chi connectivity index (χ2n) is 9.16. The molecule has 1 saturated heterocycles. The predicted octanol–water partition coefficient (Wildman–Crippen LogP) is 4.86. The van der Waals surface area contributed by atoms with Gasteiger partial charge >= 0.3 is 0 Å². The number of hydrogen-bond acceptors (Lipinski definition) is 8. The molecule has 1 aromatic carbocycles. The number of nitrogens with zero attached hydrogens (tertiary/aromatic N) is 4. The molecule has 37 heavy (non-hydrogen) atoms. The Labute approximate surface area is 218 Å². The highest BCUT2D eigenvalue weighted by Gasteiger charge is 2.32. The van der Waals surface area contributed by atoms with Crippen molar-refractivity contribution in [2.24, 2.45) is 0 Å². The Morgan fingerprint density at radius 3 is 2.65 bits per heavy atom. The van der Waals surface area contributed by atoms with E-state index < -0.39 is 0 Å². The number of amides is 2. The molecule has 1 aliphatic heterocycles. The van der Waals surface area contributed by atoms with E-state index in [2.05, 4.69) is 25.6 Å². The molecule has 0 spiro atoms. The Hall–Kier alpha value is -3.63. The molecule has 8 nitrogen and oxygen atoms in total. The molecule has 2 N–H and O–H groups in total. The summed E-state index contributed by atoms with van der Waals surface area (Å²) in [6.07, 6.45) is 10.6. The van der Waals surface area contributed by atoms with Gasteiger partial charge in [-0.1, -0.05) is 12.1 Å². The quantitative estimate of drug-likeness (QED) is 0.428. The van der Waals surface area contributed by atoms with E-state index in [9.17, 15) is 14.0 Å². The molecule has 1 aliphatic carbocycles. The Morgan fingerprint density at radius 1 is 1.11 bits per heavy atom. The van der Waals surface area contributed by atoms with Gasteiger partial charge in [-0.05, 0) is 78.9 Å². The van der Waals surface area contributed by atoms with Gasteiger partial charge in [0.2, 0.25) is 5.95 Å². The van der Waals surface area contributed by atoms with E-state index in [0.29, 0.717) is 29.1 Å². The van der Waals surface area contributed by atoms with Gasteiger partial charge < -0.3 is 10.6 Å². The second kappa shape index (κ2) is 11.2. The number of pyridine rings is 1. The molecular formula is C27H27FN6O2S. The Balaban J connectivity index is 1.15. The molecule has 3 heterocycles. The van der Waals surface area contributed by atoms with Crippen molar-refractivity contribution in [2.75, 3.05) is 12.4 Å². The van der Waals surface area contributed by atoms with Gasteiger partial charge in [-0.3, -0.25) is 19.5 Å². The normalized spacial score (nSPS) is 21.0. The summed E-state index contributed by atoms with van der Waals surface area (Å²) in [4.78, 5) is 38.3. The molecule has 10 heteroatoms. The minimum Gasteiger partial charge on any atom is -0.351 e. The first-order valence-electron chi connectivity index (χ1n) is 12.2. The number of thioether (sulfide) groups is 1. The molecule has 2 amide bonds. The van der Waals surface area contributed by atoms with Crippen LogP contribution in [-0.4, -0.2) is 50.1 Å². The first kappa shape index (κ1) is 25.0. The second-order valence-corrected chi connectivity index (χ2v) is 10.2. The highest BCUT2D eigenvalue weighted by atomic mass is 32.2. The monoisotopic (exact) mass is 518 g/mol. The zero-order valence-corrected chi connectivity index (χ0v) is 21.2. The summed E-state index contributed by atoms with van der Waals surface area (Å²) in [6.45, 7) is 0.654. The number of benzene rings is 1. The van der Waals surface area contributed by atoms with Crippen molar-refractivity contribution in [3.63, 3.8) is 0 Å². The zero-order chi connectivity index (χ0) is 25.8. The number of carbonyl (C=O) groups is 2. The van der Waals surface area contributed by atoms with Gasteiger partial charge in [0.25, 0.3) is 11.1 Å². The smallest absolute Gasteiger partial charge is 0.293 e. The molecule has 0 bridgehead atoms. The highest BCUT2D eigenvalue weighted by Crippen LogP contribution is 2.31. The molecule has 1 saturated carbocycles. The van der Waals surface area contributed by atoms with Crippen LogP contribution in [0, 0.1) is 5.82 Å². The van der Waals surface area contributed by atoms with Crippen molar-refractivity contribution < 1.29 is 14.0 Å². The summed E-state index contributed by atoms with van der Waals surface area (Å²) >= 11 is 0.911. The summed E-state index contributed by atoms with van der Waals surface area (Å²) in [7, 11) is 1.47. The summed E-state index contributed by atoms with van der Waals surface area (Å²) in [6, 6.07) is 11.0. The van der Waals surface area contributed by atoms with Gasteiger partial charge in [0.05, 0.1) is 10.6 Å². The van der Waals surface area contributed by atoms with Crippen LogP contribution in [0.4, 0.5) is 15.1 Å². The molecule has 2 fully saturated rings. The number of aromatic nitrogens is 3. The molecule has 5 rings (SSSR count). The number of nitrogens with one attached hydrogen (secondary N) is 2. The van der Waals surface area contributed by atoms with Crippen LogP contribution in [0.25, 0.3) is 17.2 Å². The van der Waals surface area contributed by atoms with Crippen molar-refractivity contribution >= 4 is 34.9 Å². The SMILES string of the molecule is CN1C(=O)S/C(=C\c2ccnc(N[C@H]3CC[C@H](NCc4ccc(F)cc4-c4cccnc4)CC3)n2)C1=O. The third-order valence-electron chi connectivity index (χ3n) is 6.63. The maximum Gasteiger partial charge on any atom is 0.293 e. The lowest BCUT2D eigenvalue weighted by molar-refractivity contribution is -0.121. The summed E-state index contributed by atoms with van der Waals surface area (Å²) < 4.78 is 13.9. The van der Waals surface area contributed by atoms with Crippen LogP contribution in [0.15, 0.2) is 59.9 Å². The number of anilines is 1. The van der Waals surface area contributed by atoms with Crippen LogP contribution in [0.5, 0.6) is 0 Å². The molecule has 190 valence electrons. The van der Waals surface area contributed by atoms with Gasteiger partial charge in [-0.25, -0.2) is 14.4 Å². The summed E-state index contributed by atoms with van der Waals surface area (Å²) in [5.41, 5.74) is 3.38. The zero-order valence-electron chi connectivity index (χ0n) is 20.4. The van der Waals surface area contributed by atoms with E-state index >= 15 is 0 Å². The topological polar surface area (TPSA) is 100 Å². The number of halogens is 1. The molecule has 2 aromatic heterocycles. The molecule has 3 aromatic rings. The third-order valence-corrected chi connectivity index (χ3v) is 7.59. The van der Waals surface area contributed by atoms with Crippen LogP contribution in [0.3, 0.4) is 0 Å². The van der Waals surface area contributed by atoms with Crippen molar-refractivity contribution in [2.45, 2.75) is 44.3 Å². The fraction of sp³-hybridized carbons (Fsp3) is 0.296. The van der Waals surface area contributed by atoms with Crippen molar-refractivity contribution in [3.8, 4) is 11.1 Å². The first-order chi connectivity index (χ1) is 18.0. The van der Waals surface area contributed by atoms with E-state index in [1.165, 1.54) is 13.1 Å². The number of hydrogen-bond donors (Lipinski definition) is 2. The van der Waals surface area contributed by atoms with Crippen LogP contribution in [-0.2, 0) is 11.3 Å². The third kappa shape index (κ3) is 6.03. The minimum atomic E-state index is -0.317.